The van der Waals surface area contributed by atoms with E-state index in [0.717, 1.165) is 6.42 Å². The van der Waals surface area contributed by atoms with Crippen LogP contribution in [-0.2, 0) is 10.9 Å². The molecule has 1 aliphatic heterocycles. The minimum Gasteiger partial charge on any atom is -0.376 e. The van der Waals surface area contributed by atoms with E-state index in [1.54, 1.807) is 6.07 Å². The van der Waals surface area contributed by atoms with Crippen LogP contribution in [-0.4, -0.2) is 38.1 Å². The van der Waals surface area contributed by atoms with Gasteiger partial charge in [-0.05, 0) is 32.4 Å². The molecule has 114 valence electrons. The van der Waals surface area contributed by atoms with Crippen molar-refractivity contribution < 1.29 is 17.9 Å². The third-order valence-corrected chi connectivity index (χ3v) is 3.82. The molecule has 9 heteroatoms. The van der Waals surface area contributed by atoms with Crippen LogP contribution in [0, 0.1) is 0 Å². The first-order chi connectivity index (χ1) is 9.79. The molecule has 0 aliphatic carbocycles. The molecule has 0 saturated carbocycles. The molecule has 0 radical (unpaired) electrons. The van der Waals surface area contributed by atoms with Gasteiger partial charge in [-0.2, -0.15) is 17.7 Å². The first kappa shape index (κ1) is 14.1. The zero-order chi connectivity index (χ0) is 15.3. The molecular weight excluding hydrogens is 287 g/mol. The lowest BCUT2D eigenvalue weighted by Gasteiger charge is -2.29. The predicted molar refractivity (Wildman–Crippen MR) is 67.8 cm³/mol. The van der Waals surface area contributed by atoms with Gasteiger partial charge in [0.05, 0.1) is 11.6 Å². The Balaban J connectivity index is 1.97. The highest BCUT2D eigenvalue weighted by atomic mass is 19.4. The van der Waals surface area contributed by atoms with E-state index in [0.29, 0.717) is 16.9 Å². The summed E-state index contributed by atoms with van der Waals surface area (Å²) in [5, 5.41) is 13.7. The Hall–Kier alpha value is -1.90. The topological polar surface area (TPSA) is 64.3 Å². The zero-order valence-electron chi connectivity index (χ0n) is 11.5. The van der Waals surface area contributed by atoms with E-state index in [-0.39, 0.29) is 17.3 Å². The van der Waals surface area contributed by atoms with Gasteiger partial charge in [0.15, 0.2) is 5.65 Å². The molecule has 0 spiro atoms. The number of alkyl halides is 3. The molecule has 1 N–H and O–H groups in total. The number of nitrogens with zero attached hydrogens (tertiary/aromatic N) is 4. The van der Waals surface area contributed by atoms with Gasteiger partial charge in [-0.15, -0.1) is 15.3 Å². The van der Waals surface area contributed by atoms with Gasteiger partial charge in [-0.25, -0.2) is 0 Å². The SMILES string of the molecule is CC1OCCC1(C)Nc1ccc2nnc(C(F)(F)F)n2n1. The minimum atomic E-state index is -4.60. The van der Waals surface area contributed by atoms with E-state index in [1.165, 1.54) is 6.07 Å². The molecule has 3 rings (SSSR count). The van der Waals surface area contributed by atoms with E-state index < -0.39 is 12.0 Å². The smallest absolute Gasteiger partial charge is 0.376 e. The first-order valence-corrected chi connectivity index (χ1v) is 6.49. The molecule has 1 fully saturated rings. The second-order valence-corrected chi connectivity index (χ2v) is 5.32. The number of fused-ring (bicyclic) bond motifs is 1. The van der Waals surface area contributed by atoms with E-state index in [2.05, 4.69) is 20.6 Å². The summed E-state index contributed by atoms with van der Waals surface area (Å²) in [5.41, 5.74) is -0.318. The molecule has 2 aromatic rings. The predicted octanol–water partition coefficient (Wildman–Crippen LogP) is 2.12. The summed E-state index contributed by atoms with van der Waals surface area (Å²) < 4.78 is 44.7. The van der Waals surface area contributed by atoms with Gasteiger partial charge < -0.3 is 10.1 Å². The van der Waals surface area contributed by atoms with Gasteiger partial charge in [-0.3, -0.25) is 0 Å². The standard InChI is InChI=1S/C12H14F3N5O/c1-7-11(2,5-6-21-7)16-8-3-4-9-17-18-10(12(13,14)15)20(9)19-8/h3-4,7H,5-6H2,1-2H3,(H,16,19). The number of aromatic nitrogens is 4. The summed E-state index contributed by atoms with van der Waals surface area (Å²) in [6.45, 7) is 4.47. The van der Waals surface area contributed by atoms with Gasteiger partial charge in [0.2, 0.25) is 0 Å². The maximum Gasteiger partial charge on any atom is 0.453 e. The quantitative estimate of drug-likeness (QED) is 0.920. The molecule has 3 heterocycles. The van der Waals surface area contributed by atoms with Crippen molar-refractivity contribution in [3.8, 4) is 0 Å². The van der Waals surface area contributed by atoms with Gasteiger partial charge in [0.25, 0.3) is 5.82 Å². The summed E-state index contributed by atoms with van der Waals surface area (Å²) in [6, 6.07) is 3.03. The van der Waals surface area contributed by atoms with Crippen LogP contribution in [0.2, 0.25) is 0 Å². The number of hydrogen-bond acceptors (Lipinski definition) is 5. The third-order valence-electron chi connectivity index (χ3n) is 3.82. The average molecular weight is 301 g/mol. The van der Waals surface area contributed by atoms with Crippen LogP contribution in [0.5, 0.6) is 0 Å². The number of halogens is 3. The lowest BCUT2D eigenvalue weighted by atomic mass is 9.95. The highest BCUT2D eigenvalue weighted by molar-refractivity contribution is 5.45. The molecule has 2 unspecified atom stereocenters. The lowest BCUT2D eigenvalue weighted by Crippen LogP contribution is -2.41. The van der Waals surface area contributed by atoms with Crippen molar-refractivity contribution in [3.63, 3.8) is 0 Å². The Bertz CT molecular complexity index is 670. The third kappa shape index (κ3) is 2.41. The van der Waals surface area contributed by atoms with Gasteiger partial charge >= 0.3 is 6.18 Å². The Labute approximate surface area is 118 Å². The molecule has 1 saturated heterocycles. The average Bonchev–Trinajstić information content (AvgIpc) is 2.93. The molecular formula is C12H14F3N5O. The fraction of sp³-hybridized carbons (Fsp3) is 0.583. The fourth-order valence-electron chi connectivity index (χ4n) is 2.32. The van der Waals surface area contributed by atoms with Gasteiger partial charge in [-0.1, -0.05) is 0 Å². The van der Waals surface area contributed by atoms with Gasteiger partial charge in [0, 0.05) is 6.61 Å². The van der Waals surface area contributed by atoms with E-state index in [4.69, 9.17) is 4.74 Å². The lowest BCUT2D eigenvalue weighted by molar-refractivity contribution is -0.146. The zero-order valence-corrected chi connectivity index (χ0v) is 11.5. The highest BCUT2D eigenvalue weighted by Gasteiger charge is 2.39. The molecule has 1 aliphatic rings. The molecule has 0 aromatic carbocycles. The van der Waals surface area contributed by atoms with Crippen molar-refractivity contribution in [2.75, 3.05) is 11.9 Å². The summed E-state index contributed by atoms with van der Waals surface area (Å²) in [5.74, 6) is -0.810. The Morgan fingerprint density at radius 2 is 2.14 bits per heavy atom. The van der Waals surface area contributed by atoms with E-state index in [9.17, 15) is 13.2 Å². The molecule has 21 heavy (non-hydrogen) atoms. The molecule has 6 nitrogen and oxygen atoms in total. The molecule has 2 aromatic heterocycles. The van der Waals surface area contributed by atoms with Crippen molar-refractivity contribution in [3.05, 3.63) is 18.0 Å². The van der Waals surface area contributed by atoms with Crippen LogP contribution >= 0.6 is 0 Å². The van der Waals surface area contributed by atoms with Crippen molar-refractivity contribution >= 4 is 11.5 Å². The van der Waals surface area contributed by atoms with Crippen LogP contribution in [0.1, 0.15) is 26.1 Å². The second-order valence-electron chi connectivity index (χ2n) is 5.32. The summed E-state index contributed by atoms with van der Waals surface area (Å²) in [7, 11) is 0. The maximum absolute atomic E-state index is 12.8. The molecule has 0 bridgehead atoms. The molecule has 2 atom stereocenters. The largest absolute Gasteiger partial charge is 0.453 e. The number of anilines is 1. The summed E-state index contributed by atoms with van der Waals surface area (Å²) >= 11 is 0. The highest BCUT2D eigenvalue weighted by Crippen LogP contribution is 2.30. The van der Waals surface area contributed by atoms with Crippen molar-refractivity contribution in [1.29, 1.82) is 0 Å². The fourth-order valence-corrected chi connectivity index (χ4v) is 2.32. The number of hydrogen-bond donors (Lipinski definition) is 1. The maximum atomic E-state index is 12.8. The number of nitrogens with one attached hydrogen (secondary N) is 1. The first-order valence-electron chi connectivity index (χ1n) is 6.49. The van der Waals surface area contributed by atoms with Crippen molar-refractivity contribution in [2.45, 2.75) is 38.1 Å². The Morgan fingerprint density at radius 1 is 1.38 bits per heavy atom. The number of rotatable bonds is 2. The van der Waals surface area contributed by atoms with Gasteiger partial charge in [0.1, 0.15) is 5.82 Å². The van der Waals surface area contributed by atoms with Crippen LogP contribution < -0.4 is 5.32 Å². The minimum absolute atomic E-state index is 0.0498. The summed E-state index contributed by atoms with van der Waals surface area (Å²) in [4.78, 5) is 0. The van der Waals surface area contributed by atoms with Crippen LogP contribution in [0.4, 0.5) is 19.0 Å². The van der Waals surface area contributed by atoms with Crippen molar-refractivity contribution in [1.82, 2.24) is 19.8 Å². The van der Waals surface area contributed by atoms with E-state index >= 15 is 0 Å². The Morgan fingerprint density at radius 3 is 2.76 bits per heavy atom. The number of ether oxygens (including phenoxy) is 1. The van der Waals surface area contributed by atoms with E-state index in [1.807, 2.05) is 13.8 Å². The van der Waals surface area contributed by atoms with Crippen molar-refractivity contribution in [2.24, 2.45) is 0 Å². The van der Waals surface area contributed by atoms with Crippen LogP contribution in [0.3, 0.4) is 0 Å². The monoisotopic (exact) mass is 301 g/mol. The molecule has 0 amide bonds. The Kier molecular flexibility index (Phi) is 3.05. The summed E-state index contributed by atoms with van der Waals surface area (Å²) in [6.07, 6.45) is -3.90. The second kappa shape index (κ2) is 4.55. The van der Waals surface area contributed by atoms with Crippen LogP contribution in [0.25, 0.3) is 5.65 Å². The normalized spacial score (nSPS) is 26.4. The van der Waals surface area contributed by atoms with Crippen LogP contribution in [0.15, 0.2) is 12.1 Å².